The Morgan fingerprint density at radius 1 is 1.13 bits per heavy atom. The van der Waals surface area contributed by atoms with Crippen LogP contribution in [-0.2, 0) is 20.7 Å². The Morgan fingerprint density at radius 2 is 1.83 bits per heavy atom. The highest BCUT2D eigenvalue weighted by Crippen LogP contribution is 2.47. The summed E-state index contributed by atoms with van der Waals surface area (Å²) in [5.41, 5.74) is -3.99. The van der Waals surface area contributed by atoms with Crippen molar-refractivity contribution in [2.24, 2.45) is 0 Å². The van der Waals surface area contributed by atoms with Gasteiger partial charge in [-0.2, -0.15) is 18.7 Å². The number of fused-ring (bicyclic) bond motifs is 1. The van der Waals surface area contributed by atoms with Gasteiger partial charge in [-0.05, 0) is 62.4 Å². The second-order valence-corrected chi connectivity index (χ2v) is 10.8. The smallest absolute Gasteiger partial charge is 0.424 e. The molecule has 3 atom stereocenters. The first-order valence-electron chi connectivity index (χ1n) is 14.1. The van der Waals surface area contributed by atoms with Gasteiger partial charge in [0.1, 0.15) is 36.4 Å². The van der Waals surface area contributed by atoms with E-state index < -0.39 is 53.4 Å². The number of hydrogen-bond donors (Lipinski definition) is 4. The zero-order valence-electron chi connectivity index (χ0n) is 25.3. The molecule has 0 saturated carbocycles. The molecule has 0 fully saturated rings. The highest BCUT2D eigenvalue weighted by atomic mass is 19.4. The number of aliphatic hydroxyl groups is 1. The molecular weight excluding hydrogens is 618 g/mol. The second-order valence-electron chi connectivity index (χ2n) is 10.8. The van der Waals surface area contributed by atoms with Gasteiger partial charge in [-0.25, -0.2) is 9.37 Å². The summed E-state index contributed by atoms with van der Waals surface area (Å²) < 4.78 is 79.2. The maximum Gasteiger partial charge on any atom is 0.424 e. The number of nitrogens with one attached hydrogen (secondary N) is 2. The van der Waals surface area contributed by atoms with Gasteiger partial charge in [-0.1, -0.05) is 6.92 Å². The van der Waals surface area contributed by atoms with E-state index in [9.17, 15) is 37.5 Å². The average Bonchev–Trinajstić information content (AvgIpc) is 3.38. The number of nitrogens with zero attached hydrogens (tertiary/aromatic N) is 1. The molecule has 4 N–H and O–H groups in total. The van der Waals surface area contributed by atoms with Crippen molar-refractivity contribution in [3.63, 3.8) is 0 Å². The fourth-order valence-electron chi connectivity index (χ4n) is 4.61. The molecule has 11 nitrogen and oxygen atoms in total. The van der Waals surface area contributed by atoms with E-state index in [0.29, 0.717) is 0 Å². The van der Waals surface area contributed by atoms with E-state index >= 15 is 0 Å². The maximum absolute atomic E-state index is 14.6. The van der Waals surface area contributed by atoms with Gasteiger partial charge in [0.25, 0.3) is 5.91 Å². The van der Waals surface area contributed by atoms with Crippen LogP contribution in [0.2, 0.25) is 0 Å². The first-order valence-corrected chi connectivity index (χ1v) is 14.1. The lowest BCUT2D eigenvalue weighted by Gasteiger charge is -2.31. The minimum Gasteiger partial charge on any atom is -0.493 e. The number of amides is 1. The summed E-state index contributed by atoms with van der Waals surface area (Å²) in [4.78, 5) is 28.6. The lowest BCUT2D eigenvalue weighted by atomic mass is 9.89. The number of hydroxylamine groups is 1. The number of methoxy groups -OCH3 is 1. The van der Waals surface area contributed by atoms with Crippen LogP contribution in [0.1, 0.15) is 48.8 Å². The van der Waals surface area contributed by atoms with Crippen molar-refractivity contribution < 1.29 is 56.4 Å². The molecule has 0 aliphatic carbocycles. The summed E-state index contributed by atoms with van der Waals surface area (Å²) in [6, 6.07) is 9.52. The molecule has 46 heavy (non-hydrogen) atoms. The van der Waals surface area contributed by atoms with Crippen LogP contribution < -0.4 is 25.0 Å². The van der Waals surface area contributed by atoms with Gasteiger partial charge in [0.2, 0.25) is 5.60 Å². The zero-order chi connectivity index (χ0) is 33.9. The van der Waals surface area contributed by atoms with Crippen LogP contribution in [0.25, 0.3) is 11.3 Å². The summed E-state index contributed by atoms with van der Waals surface area (Å²) in [7, 11) is 1.30. The van der Waals surface area contributed by atoms with E-state index in [4.69, 9.17) is 18.9 Å². The monoisotopic (exact) mass is 651 g/mol. The molecule has 0 bridgehead atoms. The number of rotatable bonds is 12. The van der Waals surface area contributed by atoms with Gasteiger partial charge < -0.3 is 34.6 Å². The molecule has 0 unspecified atom stereocenters. The molecule has 1 aliphatic heterocycles. The van der Waals surface area contributed by atoms with Crippen molar-refractivity contribution in [3.05, 3.63) is 71.2 Å². The standard InChI is InChI=1S/C31H33F4N3O8/c1-5-25(39)46-17(2)14-44-22-11-8-19(12-23(22)43-4)28(40)36-15-30(41,31(33,34)35)24-13-21-27(45-16-29(21,3)38-42)26(37-24)18-6-9-20(32)10-7-18/h6-13,17,38,41-42H,5,14-16H2,1-4H3,(H,36,40)/t17-,29-,30-/m1/s1. The van der Waals surface area contributed by atoms with Crippen molar-refractivity contribution in [2.45, 2.75) is 50.6 Å². The van der Waals surface area contributed by atoms with E-state index in [1.54, 1.807) is 13.8 Å². The van der Waals surface area contributed by atoms with Crippen molar-refractivity contribution in [3.8, 4) is 28.5 Å². The summed E-state index contributed by atoms with van der Waals surface area (Å²) in [5.74, 6) is -1.71. The first-order chi connectivity index (χ1) is 21.7. The van der Waals surface area contributed by atoms with Gasteiger partial charge in [0.05, 0.1) is 19.3 Å². The number of carbonyl (C=O) groups is 2. The molecule has 4 rings (SSSR count). The number of halogens is 4. The predicted molar refractivity (Wildman–Crippen MR) is 154 cm³/mol. The molecule has 1 amide bonds. The normalized spacial score (nSPS) is 17.7. The molecule has 1 aromatic heterocycles. The number of aromatic nitrogens is 1. The van der Waals surface area contributed by atoms with Crippen molar-refractivity contribution in [1.29, 1.82) is 0 Å². The summed E-state index contributed by atoms with van der Waals surface area (Å²) >= 11 is 0. The number of esters is 1. The van der Waals surface area contributed by atoms with Crippen LogP contribution >= 0.6 is 0 Å². The van der Waals surface area contributed by atoms with E-state index in [1.807, 2.05) is 5.48 Å². The highest BCUT2D eigenvalue weighted by Gasteiger charge is 2.57. The second kappa shape index (κ2) is 13.5. The number of hydrogen-bond acceptors (Lipinski definition) is 10. The number of carbonyl (C=O) groups excluding carboxylic acids is 2. The molecule has 15 heteroatoms. The fourth-order valence-corrected chi connectivity index (χ4v) is 4.61. The minimum absolute atomic E-state index is 0.0280. The van der Waals surface area contributed by atoms with Crippen molar-refractivity contribution in [2.75, 3.05) is 26.9 Å². The summed E-state index contributed by atoms with van der Waals surface area (Å²) in [6.45, 7) is 3.15. The minimum atomic E-state index is -5.35. The van der Waals surface area contributed by atoms with Crippen LogP contribution in [-0.4, -0.2) is 66.3 Å². The third-order valence-electron chi connectivity index (χ3n) is 7.36. The Bertz CT molecular complexity index is 1590. The van der Waals surface area contributed by atoms with Crippen LogP contribution in [0.15, 0.2) is 48.5 Å². The first kappa shape index (κ1) is 34.4. The Morgan fingerprint density at radius 3 is 2.43 bits per heavy atom. The molecule has 3 aromatic rings. The zero-order valence-corrected chi connectivity index (χ0v) is 25.3. The number of alkyl halides is 3. The van der Waals surface area contributed by atoms with Crippen molar-refractivity contribution >= 4 is 11.9 Å². The number of benzene rings is 2. The molecule has 0 spiro atoms. The van der Waals surface area contributed by atoms with Gasteiger partial charge in [0.15, 0.2) is 17.2 Å². The van der Waals surface area contributed by atoms with Crippen LogP contribution in [0.3, 0.4) is 0 Å². The van der Waals surface area contributed by atoms with E-state index in [1.165, 1.54) is 44.4 Å². The SMILES string of the molecule is CCC(=O)O[C@H](C)COc1ccc(C(=O)NC[C@@](O)(c2cc3c(c(-c4ccc(F)cc4)n2)OC[C@@]3(C)NO)C(F)(F)F)cc1OC. The van der Waals surface area contributed by atoms with Crippen LogP contribution in [0.5, 0.6) is 17.2 Å². The Balaban J connectivity index is 1.63. The number of pyridine rings is 1. The molecule has 2 heterocycles. The molecule has 2 aromatic carbocycles. The molecular formula is C31H33F4N3O8. The van der Waals surface area contributed by atoms with Crippen LogP contribution in [0, 0.1) is 5.82 Å². The van der Waals surface area contributed by atoms with E-state index in [0.717, 1.165) is 18.2 Å². The van der Waals surface area contributed by atoms with Gasteiger partial charge >= 0.3 is 12.1 Å². The van der Waals surface area contributed by atoms with Gasteiger partial charge in [-0.3, -0.25) is 9.59 Å². The van der Waals surface area contributed by atoms with Gasteiger partial charge in [-0.15, -0.1) is 0 Å². The highest BCUT2D eigenvalue weighted by molar-refractivity contribution is 5.95. The third-order valence-corrected chi connectivity index (χ3v) is 7.36. The Hall–Kier alpha value is -4.47. The lowest BCUT2D eigenvalue weighted by Crippen LogP contribution is -2.51. The molecule has 0 saturated heterocycles. The topological polar surface area (TPSA) is 148 Å². The quantitative estimate of drug-likeness (QED) is 0.126. The third kappa shape index (κ3) is 7.00. The molecule has 0 radical (unpaired) electrons. The molecule has 1 aliphatic rings. The lowest BCUT2D eigenvalue weighted by molar-refractivity contribution is -0.265. The Labute approximate surface area is 261 Å². The van der Waals surface area contributed by atoms with Gasteiger partial charge in [0, 0.05) is 23.1 Å². The average molecular weight is 652 g/mol. The van der Waals surface area contributed by atoms with E-state index in [2.05, 4.69) is 10.3 Å². The number of ether oxygens (including phenoxy) is 4. The van der Waals surface area contributed by atoms with Crippen LogP contribution in [0.4, 0.5) is 17.6 Å². The van der Waals surface area contributed by atoms with E-state index in [-0.39, 0.29) is 59.3 Å². The maximum atomic E-state index is 14.6. The summed E-state index contributed by atoms with van der Waals surface area (Å²) in [5, 5.41) is 23.1. The largest absolute Gasteiger partial charge is 0.493 e. The Kier molecular flexibility index (Phi) is 10.1. The predicted octanol–water partition coefficient (Wildman–Crippen LogP) is 4.38. The fraction of sp³-hybridized carbons (Fsp3) is 0.387. The summed E-state index contributed by atoms with van der Waals surface area (Å²) in [6.07, 6.45) is -5.75. The molecule has 248 valence electrons. The van der Waals surface area contributed by atoms with Crippen molar-refractivity contribution in [1.82, 2.24) is 15.8 Å².